The van der Waals surface area contributed by atoms with E-state index in [1.165, 1.54) is 12.3 Å². The largest absolute Gasteiger partial charge is 0.389 e. The summed E-state index contributed by atoms with van der Waals surface area (Å²) in [7, 11) is 0. The van der Waals surface area contributed by atoms with Gasteiger partial charge in [0.25, 0.3) is 5.69 Å². The SMILES string of the molecule is CC(C)(O)CN(Cc1ccccc1)c1ccc([N+](=O)[O-])cn1. The Bertz CT molecular complexity index is 621. The van der Waals surface area contributed by atoms with Crippen LogP contribution >= 0.6 is 0 Å². The molecule has 0 radical (unpaired) electrons. The molecule has 0 aliphatic heterocycles. The van der Waals surface area contributed by atoms with Crippen molar-refractivity contribution in [3.05, 3.63) is 64.3 Å². The molecule has 116 valence electrons. The lowest BCUT2D eigenvalue weighted by molar-refractivity contribution is -0.385. The summed E-state index contributed by atoms with van der Waals surface area (Å²) in [6, 6.07) is 12.8. The standard InChI is InChI=1S/C16H19N3O3/c1-16(2,20)12-18(11-13-6-4-3-5-7-13)15-9-8-14(10-17-15)19(21)22/h3-10,20H,11-12H2,1-2H3. The molecule has 0 aliphatic carbocycles. The number of nitrogens with zero attached hydrogens (tertiary/aromatic N) is 3. The summed E-state index contributed by atoms with van der Waals surface area (Å²) in [6.07, 6.45) is 1.23. The van der Waals surface area contributed by atoms with Gasteiger partial charge in [-0.3, -0.25) is 10.1 Å². The topological polar surface area (TPSA) is 79.5 Å². The third kappa shape index (κ3) is 4.53. The maximum absolute atomic E-state index is 10.7. The third-order valence-electron chi connectivity index (χ3n) is 3.06. The molecule has 0 spiro atoms. The van der Waals surface area contributed by atoms with Crippen molar-refractivity contribution in [2.24, 2.45) is 0 Å². The Balaban J connectivity index is 2.25. The Hall–Kier alpha value is -2.47. The summed E-state index contributed by atoms with van der Waals surface area (Å²) in [5.41, 5.74) is 0.122. The smallest absolute Gasteiger partial charge is 0.287 e. The van der Waals surface area contributed by atoms with Crippen LogP contribution in [0.4, 0.5) is 11.5 Å². The van der Waals surface area contributed by atoms with Crippen molar-refractivity contribution < 1.29 is 10.0 Å². The van der Waals surface area contributed by atoms with Gasteiger partial charge in [-0.15, -0.1) is 0 Å². The first-order valence-corrected chi connectivity index (χ1v) is 6.97. The molecule has 0 amide bonds. The summed E-state index contributed by atoms with van der Waals surface area (Å²) in [5, 5.41) is 20.8. The minimum absolute atomic E-state index is 0.0494. The Labute approximate surface area is 129 Å². The number of hydrogen-bond donors (Lipinski definition) is 1. The Morgan fingerprint density at radius 1 is 1.23 bits per heavy atom. The van der Waals surface area contributed by atoms with E-state index in [4.69, 9.17) is 0 Å². The van der Waals surface area contributed by atoms with Gasteiger partial charge in [0.1, 0.15) is 12.0 Å². The van der Waals surface area contributed by atoms with E-state index in [-0.39, 0.29) is 5.69 Å². The summed E-state index contributed by atoms with van der Waals surface area (Å²) in [4.78, 5) is 16.3. The van der Waals surface area contributed by atoms with E-state index in [9.17, 15) is 15.2 Å². The number of aromatic nitrogens is 1. The van der Waals surface area contributed by atoms with Crippen LogP contribution in [0, 0.1) is 10.1 Å². The van der Waals surface area contributed by atoms with Crippen molar-refractivity contribution in [1.82, 2.24) is 4.98 Å². The second-order valence-electron chi connectivity index (χ2n) is 5.79. The molecule has 22 heavy (non-hydrogen) atoms. The van der Waals surface area contributed by atoms with Gasteiger partial charge in [0.05, 0.1) is 10.5 Å². The van der Waals surface area contributed by atoms with E-state index >= 15 is 0 Å². The molecular weight excluding hydrogens is 282 g/mol. The van der Waals surface area contributed by atoms with Crippen LogP contribution in [0.3, 0.4) is 0 Å². The quantitative estimate of drug-likeness (QED) is 0.655. The first-order chi connectivity index (χ1) is 10.3. The van der Waals surface area contributed by atoms with Crippen molar-refractivity contribution in [1.29, 1.82) is 0 Å². The highest BCUT2D eigenvalue weighted by Gasteiger charge is 2.20. The van der Waals surface area contributed by atoms with Crippen molar-refractivity contribution in [2.75, 3.05) is 11.4 Å². The van der Waals surface area contributed by atoms with E-state index in [1.807, 2.05) is 35.2 Å². The van der Waals surface area contributed by atoms with Gasteiger partial charge in [-0.05, 0) is 25.5 Å². The molecule has 0 atom stereocenters. The molecule has 1 aromatic heterocycles. The molecule has 1 N–H and O–H groups in total. The van der Waals surface area contributed by atoms with Crippen LogP contribution in [0.5, 0.6) is 0 Å². The molecule has 2 rings (SSSR count). The fourth-order valence-electron chi connectivity index (χ4n) is 2.16. The van der Waals surface area contributed by atoms with Crippen molar-refractivity contribution >= 4 is 11.5 Å². The van der Waals surface area contributed by atoms with Gasteiger partial charge < -0.3 is 10.0 Å². The van der Waals surface area contributed by atoms with Crippen molar-refractivity contribution in [2.45, 2.75) is 26.0 Å². The van der Waals surface area contributed by atoms with E-state index < -0.39 is 10.5 Å². The average Bonchev–Trinajstić information content (AvgIpc) is 2.46. The summed E-state index contributed by atoms with van der Waals surface area (Å²) < 4.78 is 0. The fourth-order valence-corrected chi connectivity index (χ4v) is 2.16. The van der Waals surface area contributed by atoms with Crippen molar-refractivity contribution in [3.8, 4) is 0 Å². The van der Waals surface area contributed by atoms with Gasteiger partial charge in [0.2, 0.25) is 0 Å². The molecule has 2 aromatic rings. The zero-order valence-electron chi connectivity index (χ0n) is 12.6. The monoisotopic (exact) mass is 301 g/mol. The fraction of sp³-hybridized carbons (Fsp3) is 0.312. The molecular formula is C16H19N3O3. The minimum atomic E-state index is -0.905. The molecule has 1 heterocycles. The minimum Gasteiger partial charge on any atom is -0.389 e. The summed E-state index contributed by atoms with van der Waals surface area (Å²) in [6.45, 7) is 4.37. The zero-order valence-corrected chi connectivity index (χ0v) is 12.6. The molecule has 0 bridgehead atoms. The second-order valence-corrected chi connectivity index (χ2v) is 5.79. The van der Waals surface area contributed by atoms with Gasteiger partial charge in [0, 0.05) is 19.2 Å². The molecule has 0 unspecified atom stereocenters. The molecule has 0 saturated heterocycles. The summed E-state index contributed by atoms with van der Waals surface area (Å²) in [5.74, 6) is 0.594. The predicted octanol–water partition coefficient (Wildman–Crippen LogP) is 2.77. The number of rotatable bonds is 6. The number of nitro groups is 1. The lowest BCUT2D eigenvalue weighted by Gasteiger charge is -2.30. The van der Waals surface area contributed by atoms with Gasteiger partial charge in [-0.25, -0.2) is 4.98 Å². The van der Waals surface area contributed by atoms with Gasteiger partial charge in [-0.2, -0.15) is 0 Å². The van der Waals surface area contributed by atoms with Crippen molar-refractivity contribution in [3.63, 3.8) is 0 Å². The lowest BCUT2D eigenvalue weighted by Crippen LogP contribution is -2.38. The Kier molecular flexibility index (Phi) is 4.72. The van der Waals surface area contributed by atoms with Crippen LogP contribution in [0.2, 0.25) is 0 Å². The van der Waals surface area contributed by atoms with E-state index in [0.29, 0.717) is 18.9 Å². The number of aliphatic hydroxyl groups is 1. The zero-order chi connectivity index (χ0) is 16.2. The van der Waals surface area contributed by atoms with E-state index in [2.05, 4.69) is 4.98 Å². The Morgan fingerprint density at radius 3 is 2.41 bits per heavy atom. The van der Waals surface area contributed by atoms with E-state index in [1.54, 1.807) is 19.9 Å². The van der Waals surface area contributed by atoms with Crippen LogP contribution in [0.1, 0.15) is 19.4 Å². The highest BCUT2D eigenvalue weighted by atomic mass is 16.6. The first-order valence-electron chi connectivity index (χ1n) is 6.97. The normalized spacial score (nSPS) is 11.2. The lowest BCUT2D eigenvalue weighted by atomic mass is 10.1. The Morgan fingerprint density at radius 2 is 1.91 bits per heavy atom. The highest BCUT2D eigenvalue weighted by Crippen LogP contribution is 2.20. The number of hydrogen-bond acceptors (Lipinski definition) is 5. The van der Waals surface area contributed by atoms with Gasteiger partial charge in [-0.1, -0.05) is 30.3 Å². The average molecular weight is 301 g/mol. The first kappa shape index (κ1) is 15.9. The van der Waals surface area contributed by atoms with Crippen LogP contribution in [-0.2, 0) is 6.54 Å². The van der Waals surface area contributed by atoms with Crippen LogP contribution in [0.25, 0.3) is 0 Å². The molecule has 6 heteroatoms. The molecule has 0 aliphatic rings. The molecule has 0 saturated carbocycles. The van der Waals surface area contributed by atoms with Crippen LogP contribution in [0.15, 0.2) is 48.7 Å². The second kappa shape index (κ2) is 6.53. The molecule has 0 fully saturated rings. The molecule has 6 nitrogen and oxygen atoms in total. The van der Waals surface area contributed by atoms with Crippen LogP contribution in [-0.4, -0.2) is 27.2 Å². The predicted molar refractivity (Wildman–Crippen MR) is 84.7 cm³/mol. The summed E-state index contributed by atoms with van der Waals surface area (Å²) >= 11 is 0. The van der Waals surface area contributed by atoms with Gasteiger partial charge >= 0.3 is 0 Å². The van der Waals surface area contributed by atoms with E-state index in [0.717, 1.165) is 5.56 Å². The third-order valence-corrected chi connectivity index (χ3v) is 3.06. The maximum atomic E-state index is 10.7. The highest BCUT2D eigenvalue weighted by molar-refractivity contribution is 5.44. The van der Waals surface area contributed by atoms with Gasteiger partial charge in [0.15, 0.2) is 0 Å². The maximum Gasteiger partial charge on any atom is 0.287 e. The number of anilines is 1. The number of pyridine rings is 1. The number of benzene rings is 1. The molecule has 1 aromatic carbocycles. The van der Waals surface area contributed by atoms with Crippen LogP contribution < -0.4 is 4.90 Å².